The molecule has 0 saturated carbocycles. The van der Waals surface area contributed by atoms with E-state index in [1.807, 2.05) is 0 Å². The van der Waals surface area contributed by atoms with Gasteiger partial charge in [0.2, 0.25) is 0 Å². The Morgan fingerprint density at radius 2 is 2.23 bits per heavy atom. The van der Waals surface area contributed by atoms with E-state index in [0.717, 1.165) is 19.4 Å². The molecular weight excluding hydrogens is 169 g/mol. The first-order valence-corrected chi connectivity index (χ1v) is 4.38. The van der Waals surface area contributed by atoms with Crippen molar-refractivity contribution < 1.29 is 4.39 Å². The van der Waals surface area contributed by atoms with Gasteiger partial charge in [-0.15, -0.1) is 0 Å². The fourth-order valence-corrected chi connectivity index (χ4v) is 0.966. The average molecular weight is 183 g/mol. The lowest BCUT2D eigenvalue weighted by molar-refractivity contribution is 0.621. The third-order valence-corrected chi connectivity index (χ3v) is 1.66. The maximum atomic E-state index is 12.4. The van der Waals surface area contributed by atoms with Gasteiger partial charge in [-0.2, -0.15) is 0 Å². The highest BCUT2D eigenvalue weighted by atomic mass is 19.1. The molecule has 0 bridgehead atoms. The van der Waals surface area contributed by atoms with Crippen LogP contribution in [-0.2, 0) is 0 Å². The molecule has 1 heterocycles. The average Bonchev–Trinajstić information content (AvgIpc) is 2.15. The van der Waals surface area contributed by atoms with Crippen LogP contribution < -0.4 is 11.1 Å². The van der Waals surface area contributed by atoms with Gasteiger partial charge >= 0.3 is 0 Å². The first-order chi connectivity index (χ1) is 6.33. The number of unbranched alkanes of at least 4 members (excludes halogenated alkanes) is 1. The molecule has 1 aromatic heterocycles. The van der Waals surface area contributed by atoms with E-state index in [-0.39, 0.29) is 5.82 Å². The maximum Gasteiger partial charge on any atom is 0.141 e. The van der Waals surface area contributed by atoms with Crippen molar-refractivity contribution in [2.75, 3.05) is 18.4 Å². The van der Waals surface area contributed by atoms with E-state index in [4.69, 9.17) is 5.73 Å². The zero-order valence-electron chi connectivity index (χ0n) is 7.46. The van der Waals surface area contributed by atoms with Crippen LogP contribution in [0, 0.1) is 5.82 Å². The molecule has 0 saturated heterocycles. The zero-order chi connectivity index (χ0) is 9.52. The molecule has 1 rings (SSSR count). The Morgan fingerprint density at radius 1 is 1.38 bits per heavy atom. The van der Waals surface area contributed by atoms with Crippen molar-refractivity contribution in [3.05, 3.63) is 24.1 Å². The smallest absolute Gasteiger partial charge is 0.141 e. The summed E-state index contributed by atoms with van der Waals surface area (Å²) >= 11 is 0. The molecule has 0 radical (unpaired) electrons. The van der Waals surface area contributed by atoms with Gasteiger partial charge < -0.3 is 11.1 Å². The lowest BCUT2D eigenvalue weighted by atomic mass is 10.3. The Morgan fingerprint density at radius 3 is 2.85 bits per heavy atom. The van der Waals surface area contributed by atoms with Gasteiger partial charge in [0.25, 0.3) is 0 Å². The van der Waals surface area contributed by atoms with Crippen LogP contribution in [-0.4, -0.2) is 18.1 Å². The lowest BCUT2D eigenvalue weighted by Crippen LogP contribution is -2.06. The number of aromatic nitrogens is 1. The summed E-state index contributed by atoms with van der Waals surface area (Å²) in [7, 11) is 0. The summed E-state index contributed by atoms with van der Waals surface area (Å²) in [5, 5.41) is 3.07. The van der Waals surface area contributed by atoms with E-state index < -0.39 is 0 Å². The van der Waals surface area contributed by atoms with E-state index in [2.05, 4.69) is 10.3 Å². The topological polar surface area (TPSA) is 50.9 Å². The van der Waals surface area contributed by atoms with Gasteiger partial charge in [0.1, 0.15) is 11.6 Å². The summed E-state index contributed by atoms with van der Waals surface area (Å²) in [5.74, 6) is 0.394. The molecule has 0 spiro atoms. The molecule has 4 heteroatoms. The van der Waals surface area contributed by atoms with Gasteiger partial charge in [0.15, 0.2) is 0 Å². The van der Waals surface area contributed by atoms with Crippen LogP contribution in [0.4, 0.5) is 10.2 Å². The van der Waals surface area contributed by atoms with E-state index >= 15 is 0 Å². The Hall–Kier alpha value is -1.16. The van der Waals surface area contributed by atoms with Crippen molar-refractivity contribution >= 4 is 5.82 Å². The lowest BCUT2D eigenvalue weighted by Gasteiger charge is -2.03. The molecule has 0 aliphatic heterocycles. The van der Waals surface area contributed by atoms with Gasteiger partial charge in [-0.1, -0.05) is 0 Å². The minimum absolute atomic E-state index is 0.312. The number of anilines is 1. The molecular formula is C9H14FN3. The number of pyridine rings is 1. The monoisotopic (exact) mass is 183 g/mol. The summed E-state index contributed by atoms with van der Waals surface area (Å²) in [6.45, 7) is 1.54. The van der Waals surface area contributed by atoms with Crippen LogP contribution in [0.2, 0.25) is 0 Å². The number of nitrogens with zero attached hydrogens (tertiary/aromatic N) is 1. The molecule has 13 heavy (non-hydrogen) atoms. The summed E-state index contributed by atoms with van der Waals surface area (Å²) in [6, 6.07) is 3.01. The molecule has 3 nitrogen and oxygen atoms in total. The summed E-state index contributed by atoms with van der Waals surface area (Å²) in [5.41, 5.74) is 5.33. The van der Waals surface area contributed by atoms with Crippen LogP contribution in [0.5, 0.6) is 0 Å². The van der Waals surface area contributed by atoms with Crippen molar-refractivity contribution in [2.45, 2.75) is 12.8 Å². The maximum absolute atomic E-state index is 12.4. The normalized spacial score (nSPS) is 10.0. The number of rotatable bonds is 5. The molecule has 0 fully saturated rings. The van der Waals surface area contributed by atoms with E-state index in [0.29, 0.717) is 12.4 Å². The number of hydrogen-bond acceptors (Lipinski definition) is 3. The third-order valence-electron chi connectivity index (χ3n) is 1.66. The Bertz CT molecular complexity index is 235. The highest BCUT2D eigenvalue weighted by Gasteiger charge is 1.93. The van der Waals surface area contributed by atoms with E-state index in [1.54, 1.807) is 6.07 Å². The molecule has 0 aromatic carbocycles. The zero-order valence-corrected chi connectivity index (χ0v) is 7.46. The number of hydrogen-bond donors (Lipinski definition) is 2. The van der Waals surface area contributed by atoms with Crippen LogP contribution in [0.1, 0.15) is 12.8 Å². The predicted molar refractivity (Wildman–Crippen MR) is 51.0 cm³/mol. The van der Waals surface area contributed by atoms with Crippen molar-refractivity contribution in [3.8, 4) is 0 Å². The van der Waals surface area contributed by atoms with Gasteiger partial charge in [-0.3, -0.25) is 0 Å². The molecule has 1 aromatic rings. The van der Waals surface area contributed by atoms with E-state index in [1.165, 1.54) is 12.3 Å². The molecule has 0 amide bonds. The molecule has 0 atom stereocenters. The van der Waals surface area contributed by atoms with Gasteiger partial charge in [-0.25, -0.2) is 9.37 Å². The second kappa shape index (κ2) is 5.48. The quantitative estimate of drug-likeness (QED) is 0.678. The fourth-order valence-electron chi connectivity index (χ4n) is 0.966. The van der Waals surface area contributed by atoms with Gasteiger partial charge in [-0.05, 0) is 31.5 Å². The number of nitrogens with two attached hydrogens (primary N) is 1. The molecule has 72 valence electrons. The molecule has 0 aliphatic carbocycles. The first kappa shape index (κ1) is 9.92. The Kier molecular flexibility index (Phi) is 4.18. The number of halogens is 1. The predicted octanol–water partition coefficient (Wildman–Crippen LogP) is 1.37. The van der Waals surface area contributed by atoms with E-state index in [9.17, 15) is 4.39 Å². The van der Waals surface area contributed by atoms with Gasteiger partial charge in [0.05, 0.1) is 6.20 Å². The summed E-state index contributed by atoms with van der Waals surface area (Å²) in [4.78, 5) is 3.86. The highest BCUT2D eigenvalue weighted by Crippen LogP contribution is 2.03. The second-order valence-electron chi connectivity index (χ2n) is 2.78. The van der Waals surface area contributed by atoms with Crippen molar-refractivity contribution in [1.29, 1.82) is 0 Å². The largest absolute Gasteiger partial charge is 0.370 e. The minimum atomic E-state index is -0.312. The SMILES string of the molecule is NCCCCNc1ccc(F)cn1. The van der Waals surface area contributed by atoms with Crippen LogP contribution >= 0.6 is 0 Å². The standard InChI is InChI=1S/C9H14FN3/c10-8-3-4-9(13-7-8)12-6-2-1-5-11/h3-4,7H,1-2,5-6,11H2,(H,12,13). The summed E-state index contributed by atoms with van der Waals surface area (Å²) < 4.78 is 12.4. The Labute approximate surface area is 77.2 Å². The number of nitrogens with one attached hydrogen (secondary N) is 1. The van der Waals surface area contributed by atoms with Crippen LogP contribution in [0.15, 0.2) is 18.3 Å². The van der Waals surface area contributed by atoms with Crippen LogP contribution in [0.25, 0.3) is 0 Å². The highest BCUT2D eigenvalue weighted by molar-refractivity contribution is 5.33. The van der Waals surface area contributed by atoms with Crippen molar-refractivity contribution in [1.82, 2.24) is 4.98 Å². The third kappa shape index (κ3) is 3.85. The molecule has 3 N–H and O–H groups in total. The fraction of sp³-hybridized carbons (Fsp3) is 0.444. The van der Waals surface area contributed by atoms with Crippen molar-refractivity contribution in [2.24, 2.45) is 5.73 Å². The van der Waals surface area contributed by atoms with Crippen molar-refractivity contribution in [3.63, 3.8) is 0 Å². The second-order valence-corrected chi connectivity index (χ2v) is 2.78. The minimum Gasteiger partial charge on any atom is -0.370 e. The molecule has 0 unspecified atom stereocenters. The van der Waals surface area contributed by atoms with Gasteiger partial charge in [0, 0.05) is 6.54 Å². The summed E-state index contributed by atoms with van der Waals surface area (Å²) in [6.07, 6.45) is 3.20. The Balaban J connectivity index is 2.25. The van der Waals surface area contributed by atoms with Crippen LogP contribution in [0.3, 0.4) is 0 Å². The first-order valence-electron chi connectivity index (χ1n) is 4.38. The molecule has 0 aliphatic rings.